The summed E-state index contributed by atoms with van der Waals surface area (Å²) in [5.74, 6) is 0.438. The normalized spacial score (nSPS) is 16.2. The number of furan rings is 1. The van der Waals surface area contributed by atoms with Crippen LogP contribution in [0.4, 0.5) is 4.79 Å². The highest BCUT2D eigenvalue weighted by molar-refractivity contribution is 6.32. The number of carbonyl (C=O) groups is 1. The summed E-state index contributed by atoms with van der Waals surface area (Å²) in [5.41, 5.74) is 0.157. The molecule has 5 rings (SSSR count). The van der Waals surface area contributed by atoms with Crippen molar-refractivity contribution in [1.82, 2.24) is 15.5 Å². The van der Waals surface area contributed by atoms with Crippen LogP contribution in [0.5, 0.6) is 5.75 Å². The van der Waals surface area contributed by atoms with Gasteiger partial charge in [0.25, 0.3) is 5.89 Å². The van der Waals surface area contributed by atoms with Crippen molar-refractivity contribution >= 4 is 28.7 Å². The van der Waals surface area contributed by atoms with Crippen LogP contribution in [-0.2, 0) is 19.7 Å². The highest BCUT2D eigenvalue weighted by atomic mass is 35.5. The van der Waals surface area contributed by atoms with Crippen LogP contribution >= 0.6 is 11.6 Å². The minimum absolute atomic E-state index is 0.106. The number of ether oxygens (including phenoxy) is 4. The lowest BCUT2D eigenvalue weighted by atomic mass is 9.96. The molecule has 0 unspecified atom stereocenters. The van der Waals surface area contributed by atoms with Gasteiger partial charge in [-0.1, -0.05) is 16.8 Å². The summed E-state index contributed by atoms with van der Waals surface area (Å²) in [6.07, 6.45) is -0.778. The summed E-state index contributed by atoms with van der Waals surface area (Å²) in [4.78, 5) is 17.4. The van der Waals surface area contributed by atoms with E-state index < -0.39 is 23.0 Å². The van der Waals surface area contributed by atoms with Gasteiger partial charge in [-0.05, 0) is 84.9 Å². The molecule has 1 aliphatic rings. The van der Waals surface area contributed by atoms with Gasteiger partial charge in [0.15, 0.2) is 11.5 Å². The van der Waals surface area contributed by atoms with Crippen molar-refractivity contribution in [2.75, 3.05) is 13.2 Å². The first kappa shape index (κ1) is 30.4. The summed E-state index contributed by atoms with van der Waals surface area (Å²) in [7, 11) is 0. The Kier molecular flexibility index (Phi) is 7.90. The highest BCUT2D eigenvalue weighted by Crippen LogP contribution is 2.37. The van der Waals surface area contributed by atoms with E-state index in [4.69, 9.17) is 39.5 Å². The Bertz CT molecular complexity index is 1700. The summed E-state index contributed by atoms with van der Waals surface area (Å²) >= 11 is 6.42. The summed E-state index contributed by atoms with van der Waals surface area (Å²) < 4.78 is 34.8. The van der Waals surface area contributed by atoms with E-state index in [9.17, 15) is 10.1 Å². The highest BCUT2D eigenvalue weighted by Gasteiger charge is 2.46. The molecule has 1 aliphatic heterocycles. The fourth-order valence-electron chi connectivity index (χ4n) is 4.48. The van der Waals surface area contributed by atoms with E-state index in [0.717, 1.165) is 5.39 Å². The Morgan fingerprint density at radius 2 is 1.84 bits per heavy atom. The van der Waals surface area contributed by atoms with E-state index in [-0.39, 0.29) is 35.8 Å². The number of carbonyl (C=O) groups excluding carboxylic acids is 1. The Morgan fingerprint density at radius 3 is 2.49 bits per heavy atom. The molecule has 2 aromatic heterocycles. The fourth-order valence-corrected chi connectivity index (χ4v) is 4.75. The maximum absolute atomic E-state index is 12.8. The molecule has 11 nitrogen and oxygen atoms in total. The number of halogens is 1. The molecule has 226 valence electrons. The lowest BCUT2D eigenvalue weighted by Crippen LogP contribution is -2.59. The summed E-state index contributed by atoms with van der Waals surface area (Å²) in [5, 5.41) is 17.7. The van der Waals surface area contributed by atoms with E-state index in [1.165, 1.54) is 0 Å². The number of rotatable bonds is 6. The van der Waals surface area contributed by atoms with Gasteiger partial charge in [0, 0.05) is 16.5 Å². The van der Waals surface area contributed by atoms with Crippen molar-refractivity contribution in [3.05, 3.63) is 52.7 Å². The molecule has 1 amide bonds. The lowest BCUT2D eigenvalue weighted by Gasteiger charge is -2.42. The summed E-state index contributed by atoms with van der Waals surface area (Å²) in [6.45, 7) is 12.9. The number of nitrogens with one attached hydrogen (secondary N) is 1. The predicted molar refractivity (Wildman–Crippen MR) is 157 cm³/mol. The van der Waals surface area contributed by atoms with E-state index >= 15 is 0 Å². The van der Waals surface area contributed by atoms with Gasteiger partial charge in [0.1, 0.15) is 28.6 Å². The molecule has 43 heavy (non-hydrogen) atoms. The zero-order chi connectivity index (χ0) is 31.2. The average Bonchev–Trinajstić information content (AvgIpc) is 3.57. The molecule has 0 spiro atoms. The monoisotopic (exact) mass is 608 g/mol. The van der Waals surface area contributed by atoms with Gasteiger partial charge >= 0.3 is 6.09 Å². The third-order valence-electron chi connectivity index (χ3n) is 6.51. The first-order valence-corrected chi connectivity index (χ1v) is 14.1. The molecule has 0 radical (unpaired) electrons. The molecule has 1 N–H and O–H groups in total. The van der Waals surface area contributed by atoms with Crippen LogP contribution < -0.4 is 10.1 Å². The maximum Gasteiger partial charge on any atom is 0.408 e. The molecule has 0 bridgehead atoms. The largest absolute Gasteiger partial charge is 0.488 e. The van der Waals surface area contributed by atoms with Crippen LogP contribution in [0, 0.1) is 11.3 Å². The molecular formula is C31H33ClN4O7. The standard InChI is InChI=1S/C31H33ClN4O7/c1-17(2)40-25-21(14-33)11-20(12-22(25)32)27-34-26(36-43-27)18-8-9-23-19(10-18)13-24(41-23)31(15-38-30(6,7)39-16-31)35-28(37)42-29(3,4)5/h8-13,17H,15-16H2,1-7H3,(H,35,37). The zero-order valence-electron chi connectivity index (χ0n) is 25.0. The quantitative estimate of drug-likeness (QED) is 0.244. The molecule has 1 fully saturated rings. The van der Waals surface area contributed by atoms with Gasteiger partial charge in [-0.25, -0.2) is 4.79 Å². The lowest BCUT2D eigenvalue weighted by molar-refractivity contribution is -0.274. The van der Waals surface area contributed by atoms with Crippen LogP contribution in [0.3, 0.4) is 0 Å². The van der Waals surface area contributed by atoms with Crippen molar-refractivity contribution < 1.29 is 32.7 Å². The molecule has 12 heteroatoms. The van der Waals surface area contributed by atoms with Crippen LogP contribution in [0.1, 0.15) is 59.8 Å². The smallest absolute Gasteiger partial charge is 0.408 e. The molecule has 0 atom stereocenters. The van der Waals surface area contributed by atoms with Gasteiger partial charge in [0.05, 0.1) is 29.9 Å². The van der Waals surface area contributed by atoms with Crippen molar-refractivity contribution in [2.45, 2.75) is 71.5 Å². The Labute approximate surface area is 254 Å². The van der Waals surface area contributed by atoms with Gasteiger partial charge in [-0.15, -0.1) is 0 Å². The van der Waals surface area contributed by atoms with Crippen LogP contribution in [-0.4, -0.2) is 46.9 Å². The number of hydrogen-bond donors (Lipinski definition) is 1. The number of nitriles is 1. The molecule has 0 saturated carbocycles. The summed E-state index contributed by atoms with van der Waals surface area (Å²) in [6, 6.07) is 12.6. The van der Waals surface area contributed by atoms with E-state index in [2.05, 4.69) is 21.5 Å². The molecule has 3 heterocycles. The zero-order valence-corrected chi connectivity index (χ0v) is 25.8. The SMILES string of the molecule is CC(C)Oc1c(Cl)cc(-c2nc(-c3ccc4oc(C5(NC(=O)OC(C)(C)C)COC(C)(C)OC5)cc4c3)no2)cc1C#N. The van der Waals surface area contributed by atoms with Crippen LogP contribution in [0.25, 0.3) is 33.8 Å². The van der Waals surface area contributed by atoms with Crippen molar-refractivity contribution in [3.8, 4) is 34.7 Å². The Balaban J connectivity index is 1.45. The molecule has 4 aromatic rings. The van der Waals surface area contributed by atoms with Gasteiger partial charge in [0.2, 0.25) is 5.82 Å². The number of amides is 1. The van der Waals surface area contributed by atoms with Crippen molar-refractivity contribution in [2.24, 2.45) is 0 Å². The minimum Gasteiger partial charge on any atom is -0.488 e. The second-order valence-electron chi connectivity index (χ2n) is 12.1. The van der Waals surface area contributed by atoms with Crippen LogP contribution in [0.15, 0.2) is 45.3 Å². The van der Waals surface area contributed by atoms with Gasteiger partial charge in [-0.2, -0.15) is 10.2 Å². The average molecular weight is 609 g/mol. The fraction of sp³-hybridized carbons (Fsp3) is 0.419. The van der Waals surface area contributed by atoms with Crippen molar-refractivity contribution in [3.63, 3.8) is 0 Å². The molecule has 2 aromatic carbocycles. The molecular weight excluding hydrogens is 576 g/mol. The minimum atomic E-state index is -1.13. The maximum atomic E-state index is 12.8. The number of fused-ring (bicyclic) bond motifs is 1. The third kappa shape index (κ3) is 6.62. The number of nitrogens with zero attached hydrogens (tertiary/aromatic N) is 3. The Morgan fingerprint density at radius 1 is 1.12 bits per heavy atom. The van der Waals surface area contributed by atoms with Gasteiger partial charge in [-0.3, -0.25) is 0 Å². The van der Waals surface area contributed by atoms with E-state index in [1.54, 1.807) is 58.9 Å². The topological polar surface area (TPSA) is 142 Å². The molecule has 0 aliphatic carbocycles. The number of benzene rings is 2. The third-order valence-corrected chi connectivity index (χ3v) is 6.79. The van der Waals surface area contributed by atoms with E-state index in [1.807, 2.05) is 26.0 Å². The first-order valence-electron chi connectivity index (χ1n) is 13.7. The number of hydrogen-bond acceptors (Lipinski definition) is 10. The first-order chi connectivity index (χ1) is 20.2. The van der Waals surface area contributed by atoms with Crippen molar-refractivity contribution in [1.29, 1.82) is 5.26 Å². The number of alkyl carbamates (subject to hydrolysis) is 1. The molecule has 1 saturated heterocycles. The van der Waals surface area contributed by atoms with Crippen LogP contribution in [0.2, 0.25) is 5.02 Å². The number of aromatic nitrogens is 2. The Hall–Kier alpha value is -4.11. The predicted octanol–water partition coefficient (Wildman–Crippen LogP) is 6.96. The van der Waals surface area contributed by atoms with E-state index in [0.29, 0.717) is 34.0 Å². The second-order valence-corrected chi connectivity index (χ2v) is 12.5. The second kappa shape index (κ2) is 11.2. The van der Waals surface area contributed by atoms with Gasteiger partial charge < -0.3 is 33.2 Å².